The Morgan fingerprint density at radius 1 is 1.20 bits per heavy atom. The number of hydrogen-bond acceptors (Lipinski definition) is 2. The Bertz CT molecular complexity index is 429. The van der Waals surface area contributed by atoms with E-state index in [0.717, 1.165) is 12.0 Å². The maximum Gasteiger partial charge on any atom is 0.408 e. The quantitative estimate of drug-likeness (QED) is 0.881. The fraction of sp³-hybridized carbons (Fsp3) is 0.588. The van der Waals surface area contributed by atoms with Crippen LogP contribution in [0.3, 0.4) is 0 Å². The van der Waals surface area contributed by atoms with Crippen LogP contribution in [0.4, 0.5) is 4.79 Å². The smallest absolute Gasteiger partial charge is 0.408 e. The van der Waals surface area contributed by atoms with Gasteiger partial charge in [-0.2, -0.15) is 0 Å². The van der Waals surface area contributed by atoms with Crippen LogP contribution >= 0.6 is 0 Å². The lowest BCUT2D eigenvalue weighted by molar-refractivity contribution is 0.0489. The van der Waals surface area contributed by atoms with Crippen molar-refractivity contribution in [1.82, 2.24) is 5.32 Å². The van der Waals surface area contributed by atoms with E-state index in [4.69, 9.17) is 4.74 Å². The van der Waals surface area contributed by atoms with Gasteiger partial charge in [0.2, 0.25) is 0 Å². The zero-order valence-corrected chi connectivity index (χ0v) is 13.5. The Kier molecular flexibility index (Phi) is 5.61. The number of rotatable bonds is 4. The molecule has 1 amide bonds. The van der Waals surface area contributed by atoms with Gasteiger partial charge in [-0.25, -0.2) is 4.79 Å². The maximum absolute atomic E-state index is 11.9. The summed E-state index contributed by atoms with van der Waals surface area (Å²) in [7, 11) is 0. The largest absolute Gasteiger partial charge is 0.444 e. The predicted octanol–water partition coefficient (Wildman–Crippen LogP) is 4.47. The molecule has 3 heteroatoms. The van der Waals surface area contributed by atoms with Crippen LogP contribution in [0, 0.1) is 5.92 Å². The highest BCUT2D eigenvalue weighted by Gasteiger charge is 2.22. The van der Waals surface area contributed by atoms with E-state index in [1.165, 1.54) is 5.56 Å². The van der Waals surface area contributed by atoms with Crippen molar-refractivity contribution in [3.63, 3.8) is 0 Å². The number of alkyl carbamates (subject to hydrolysis) is 1. The van der Waals surface area contributed by atoms with Crippen LogP contribution in [0.2, 0.25) is 0 Å². The van der Waals surface area contributed by atoms with Crippen molar-refractivity contribution >= 4 is 6.09 Å². The number of carbonyl (C=O) groups excluding carboxylic acids is 1. The SMILES string of the molecule is CCc1ccc(C(NC(=O)OC(C)(C)C)C(C)C)cc1. The van der Waals surface area contributed by atoms with Gasteiger partial charge in [0.25, 0.3) is 0 Å². The molecule has 0 aromatic heterocycles. The third kappa shape index (κ3) is 5.24. The van der Waals surface area contributed by atoms with Gasteiger partial charge < -0.3 is 10.1 Å². The Morgan fingerprint density at radius 3 is 2.15 bits per heavy atom. The minimum Gasteiger partial charge on any atom is -0.444 e. The second-order valence-electron chi connectivity index (χ2n) is 6.46. The van der Waals surface area contributed by atoms with Gasteiger partial charge in [0.05, 0.1) is 6.04 Å². The maximum atomic E-state index is 11.9. The normalized spacial score (nSPS) is 13.2. The molecule has 1 unspecified atom stereocenters. The first kappa shape index (κ1) is 16.5. The minimum absolute atomic E-state index is 0.0317. The van der Waals surface area contributed by atoms with E-state index in [1.807, 2.05) is 20.8 Å². The van der Waals surface area contributed by atoms with Crippen molar-refractivity contribution in [2.45, 2.75) is 59.6 Å². The Hall–Kier alpha value is -1.51. The van der Waals surface area contributed by atoms with Crippen LogP contribution in [-0.4, -0.2) is 11.7 Å². The van der Waals surface area contributed by atoms with Crippen LogP contribution in [0.15, 0.2) is 24.3 Å². The molecule has 1 N–H and O–H groups in total. The van der Waals surface area contributed by atoms with Crippen molar-refractivity contribution in [3.05, 3.63) is 35.4 Å². The summed E-state index contributed by atoms with van der Waals surface area (Å²) in [6.07, 6.45) is 0.655. The Labute approximate surface area is 122 Å². The van der Waals surface area contributed by atoms with Crippen LogP contribution in [-0.2, 0) is 11.2 Å². The molecule has 0 aliphatic carbocycles. The second kappa shape index (κ2) is 6.78. The first-order chi connectivity index (χ1) is 9.23. The first-order valence-electron chi connectivity index (χ1n) is 7.31. The van der Waals surface area contributed by atoms with Crippen molar-refractivity contribution in [2.24, 2.45) is 5.92 Å². The summed E-state index contributed by atoms with van der Waals surface area (Å²) in [6, 6.07) is 8.36. The van der Waals surface area contributed by atoms with E-state index in [0.29, 0.717) is 5.92 Å². The predicted molar refractivity (Wildman–Crippen MR) is 82.8 cm³/mol. The van der Waals surface area contributed by atoms with Crippen molar-refractivity contribution in [2.75, 3.05) is 0 Å². The summed E-state index contributed by atoms with van der Waals surface area (Å²) < 4.78 is 5.33. The number of aryl methyl sites for hydroxylation is 1. The van der Waals surface area contributed by atoms with E-state index in [-0.39, 0.29) is 12.1 Å². The van der Waals surface area contributed by atoms with E-state index in [9.17, 15) is 4.79 Å². The van der Waals surface area contributed by atoms with Crippen molar-refractivity contribution < 1.29 is 9.53 Å². The molecule has 0 radical (unpaired) electrons. The van der Waals surface area contributed by atoms with Crippen molar-refractivity contribution in [1.29, 1.82) is 0 Å². The molecule has 0 bridgehead atoms. The van der Waals surface area contributed by atoms with E-state index in [2.05, 4.69) is 50.4 Å². The second-order valence-corrected chi connectivity index (χ2v) is 6.46. The molecule has 0 heterocycles. The lowest BCUT2D eigenvalue weighted by atomic mass is 9.95. The number of nitrogens with one attached hydrogen (secondary N) is 1. The summed E-state index contributed by atoms with van der Waals surface area (Å²) in [5.41, 5.74) is 1.94. The van der Waals surface area contributed by atoms with Gasteiger partial charge in [-0.1, -0.05) is 45.0 Å². The highest BCUT2D eigenvalue weighted by atomic mass is 16.6. The van der Waals surface area contributed by atoms with Crippen LogP contribution in [0.1, 0.15) is 58.7 Å². The Morgan fingerprint density at radius 2 is 1.75 bits per heavy atom. The highest BCUT2D eigenvalue weighted by molar-refractivity contribution is 5.68. The number of benzene rings is 1. The fourth-order valence-electron chi connectivity index (χ4n) is 2.03. The summed E-state index contributed by atoms with van der Waals surface area (Å²) in [6.45, 7) is 11.9. The molecule has 0 aliphatic heterocycles. The average Bonchev–Trinajstić information content (AvgIpc) is 2.34. The standard InChI is InChI=1S/C17H27NO2/c1-7-13-8-10-14(11-9-13)15(12(2)3)18-16(19)20-17(4,5)6/h8-12,15H,7H2,1-6H3,(H,18,19). The number of ether oxygens (including phenoxy) is 1. The molecule has 112 valence electrons. The summed E-state index contributed by atoms with van der Waals surface area (Å²) in [5.74, 6) is 0.301. The van der Waals surface area contributed by atoms with Crippen LogP contribution in [0.25, 0.3) is 0 Å². The molecule has 0 aliphatic rings. The molecule has 20 heavy (non-hydrogen) atoms. The molecular weight excluding hydrogens is 250 g/mol. The third-order valence-electron chi connectivity index (χ3n) is 3.09. The van der Waals surface area contributed by atoms with E-state index >= 15 is 0 Å². The monoisotopic (exact) mass is 277 g/mol. The van der Waals surface area contributed by atoms with Crippen molar-refractivity contribution in [3.8, 4) is 0 Å². The molecule has 0 fully saturated rings. The van der Waals surface area contributed by atoms with Gasteiger partial charge in [0, 0.05) is 0 Å². The van der Waals surface area contributed by atoms with Crippen LogP contribution in [0.5, 0.6) is 0 Å². The molecule has 1 aromatic rings. The molecule has 1 atom stereocenters. The van der Waals surface area contributed by atoms with Gasteiger partial charge >= 0.3 is 6.09 Å². The minimum atomic E-state index is -0.475. The lowest BCUT2D eigenvalue weighted by Gasteiger charge is -2.26. The molecule has 0 saturated carbocycles. The Balaban J connectivity index is 2.81. The summed E-state index contributed by atoms with van der Waals surface area (Å²) >= 11 is 0. The van der Waals surface area contributed by atoms with Crippen LogP contribution < -0.4 is 5.32 Å². The van der Waals surface area contributed by atoms with Gasteiger partial charge in [-0.15, -0.1) is 0 Å². The average molecular weight is 277 g/mol. The summed E-state index contributed by atoms with van der Waals surface area (Å²) in [5, 5.41) is 2.97. The molecule has 1 aromatic carbocycles. The van der Waals surface area contributed by atoms with Gasteiger partial charge in [-0.05, 0) is 44.2 Å². The molecule has 1 rings (SSSR count). The first-order valence-corrected chi connectivity index (χ1v) is 7.31. The number of carbonyl (C=O) groups is 1. The number of hydrogen-bond donors (Lipinski definition) is 1. The van der Waals surface area contributed by atoms with E-state index in [1.54, 1.807) is 0 Å². The summed E-state index contributed by atoms with van der Waals surface area (Å²) in [4.78, 5) is 11.9. The third-order valence-corrected chi connectivity index (χ3v) is 3.09. The highest BCUT2D eigenvalue weighted by Crippen LogP contribution is 2.23. The van der Waals surface area contributed by atoms with E-state index < -0.39 is 5.60 Å². The molecular formula is C17H27NO2. The van der Waals surface area contributed by atoms with Gasteiger partial charge in [0.1, 0.15) is 5.60 Å². The zero-order chi connectivity index (χ0) is 15.3. The molecule has 0 spiro atoms. The topological polar surface area (TPSA) is 38.3 Å². The zero-order valence-electron chi connectivity index (χ0n) is 13.5. The van der Waals surface area contributed by atoms with Gasteiger partial charge in [-0.3, -0.25) is 0 Å². The molecule has 0 saturated heterocycles. The van der Waals surface area contributed by atoms with Gasteiger partial charge in [0.15, 0.2) is 0 Å². The number of amides is 1. The molecule has 3 nitrogen and oxygen atoms in total. The fourth-order valence-corrected chi connectivity index (χ4v) is 2.03. The lowest BCUT2D eigenvalue weighted by Crippen LogP contribution is -2.36.